The number of hydrogen-bond donors (Lipinski definition) is 0. The van der Waals surface area contributed by atoms with Crippen LogP contribution in [0.1, 0.15) is 55.0 Å². The molecular weight excluding hydrogens is 440 g/mol. The third kappa shape index (κ3) is 3.69. The molecule has 2 fully saturated rings. The third-order valence-electron chi connectivity index (χ3n) is 6.77. The zero-order valence-electron chi connectivity index (χ0n) is 18.6. The first kappa shape index (κ1) is 21.1. The Kier molecular flexibility index (Phi) is 5.02. The molecule has 1 saturated heterocycles. The van der Waals surface area contributed by atoms with Crippen molar-refractivity contribution in [1.82, 2.24) is 24.5 Å². The molecule has 0 bridgehead atoms. The van der Waals surface area contributed by atoms with Crippen LogP contribution >= 0.6 is 0 Å². The number of aryl methyl sites for hydroxylation is 1. The average Bonchev–Trinajstić information content (AvgIpc) is 3.57. The Bertz CT molecular complexity index is 1460. The quantitative estimate of drug-likeness (QED) is 0.447. The second-order valence-corrected chi connectivity index (χ2v) is 9.12. The molecule has 0 amide bonds. The summed E-state index contributed by atoms with van der Waals surface area (Å²) in [7, 11) is 1.57. The second-order valence-electron chi connectivity index (χ2n) is 9.12. The third-order valence-corrected chi connectivity index (χ3v) is 6.77. The van der Waals surface area contributed by atoms with Crippen molar-refractivity contribution in [2.75, 3.05) is 6.61 Å². The maximum Gasteiger partial charge on any atom is 0.274 e. The van der Waals surface area contributed by atoms with Crippen molar-refractivity contribution >= 4 is 10.8 Å². The van der Waals surface area contributed by atoms with Crippen LogP contribution in [0.4, 0.5) is 8.78 Å². The van der Waals surface area contributed by atoms with Gasteiger partial charge in [-0.1, -0.05) is 0 Å². The van der Waals surface area contributed by atoms with Crippen molar-refractivity contribution in [3.05, 3.63) is 76.1 Å². The van der Waals surface area contributed by atoms with Crippen LogP contribution in [0.3, 0.4) is 0 Å². The molecular formula is C25H23F2N5O2. The van der Waals surface area contributed by atoms with Gasteiger partial charge in [0.2, 0.25) is 0 Å². The van der Waals surface area contributed by atoms with E-state index >= 15 is 0 Å². The highest BCUT2D eigenvalue weighted by atomic mass is 19.1. The number of pyridine rings is 1. The van der Waals surface area contributed by atoms with E-state index in [0.717, 1.165) is 30.9 Å². The summed E-state index contributed by atoms with van der Waals surface area (Å²) in [6, 6.07) is 5.65. The van der Waals surface area contributed by atoms with Crippen LogP contribution in [0.5, 0.6) is 0 Å². The van der Waals surface area contributed by atoms with Gasteiger partial charge in [-0.05, 0) is 43.9 Å². The lowest BCUT2D eigenvalue weighted by atomic mass is 9.89. The SMILES string of the molecule is Cn1ncc2c(-c3ccc(F)cc3F)nc([C@@H]3CCO[C@@H](c4cnn(C5CC5)c4)C3)cc2c1=O. The number of benzene rings is 1. The summed E-state index contributed by atoms with van der Waals surface area (Å²) in [4.78, 5) is 17.7. The van der Waals surface area contributed by atoms with E-state index in [0.29, 0.717) is 41.2 Å². The summed E-state index contributed by atoms with van der Waals surface area (Å²) >= 11 is 0. The average molecular weight is 463 g/mol. The van der Waals surface area contributed by atoms with Crippen LogP contribution in [0.15, 0.2) is 47.7 Å². The van der Waals surface area contributed by atoms with Crippen molar-refractivity contribution in [2.45, 2.75) is 43.7 Å². The molecule has 6 rings (SSSR count). The van der Waals surface area contributed by atoms with E-state index in [1.807, 2.05) is 10.9 Å². The maximum absolute atomic E-state index is 14.8. The highest BCUT2D eigenvalue weighted by Crippen LogP contribution is 2.40. The molecule has 3 aromatic heterocycles. The Morgan fingerprint density at radius 2 is 1.91 bits per heavy atom. The van der Waals surface area contributed by atoms with Crippen LogP contribution in [-0.2, 0) is 11.8 Å². The maximum atomic E-state index is 14.8. The number of halogens is 2. The first-order valence-electron chi connectivity index (χ1n) is 11.5. The number of aromatic nitrogens is 5. The fourth-order valence-corrected chi connectivity index (χ4v) is 4.71. The van der Waals surface area contributed by atoms with Crippen LogP contribution in [-0.4, -0.2) is 31.2 Å². The predicted molar refractivity (Wildman–Crippen MR) is 121 cm³/mol. The van der Waals surface area contributed by atoms with Gasteiger partial charge in [-0.25, -0.2) is 13.5 Å². The second kappa shape index (κ2) is 8.09. The van der Waals surface area contributed by atoms with Crippen molar-refractivity contribution in [3.8, 4) is 11.3 Å². The molecule has 34 heavy (non-hydrogen) atoms. The molecule has 1 aromatic carbocycles. The molecule has 4 aromatic rings. The zero-order valence-corrected chi connectivity index (χ0v) is 18.6. The zero-order chi connectivity index (χ0) is 23.4. The van der Waals surface area contributed by atoms with E-state index in [1.165, 1.54) is 23.0 Å². The fourth-order valence-electron chi connectivity index (χ4n) is 4.71. The molecule has 9 heteroatoms. The topological polar surface area (TPSA) is 74.8 Å². The van der Waals surface area contributed by atoms with Crippen molar-refractivity contribution in [3.63, 3.8) is 0 Å². The molecule has 0 unspecified atom stereocenters. The smallest absolute Gasteiger partial charge is 0.274 e. The van der Waals surface area contributed by atoms with Gasteiger partial charge in [0.1, 0.15) is 11.6 Å². The molecule has 1 aliphatic carbocycles. The summed E-state index contributed by atoms with van der Waals surface area (Å²) in [5.41, 5.74) is 1.86. The summed E-state index contributed by atoms with van der Waals surface area (Å²) in [6.45, 7) is 0.540. The van der Waals surface area contributed by atoms with E-state index in [1.54, 1.807) is 13.1 Å². The van der Waals surface area contributed by atoms with Crippen LogP contribution in [0.2, 0.25) is 0 Å². The van der Waals surface area contributed by atoms with Gasteiger partial charge in [0, 0.05) is 54.0 Å². The summed E-state index contributed by atoms with van der Waals surface area (Å²) in [5, 5.41) is 9.42. The van der Waals surface area contributed by atoms with E-state index in [2.05, 4.69) is 16.4 Å². The number of ether oxygens (including phenoxy) is 1. The van der Waals surface area contributed by atoms with E-state index in [-0.39, 0.29) is 23.1 Å². The summed E-state index contributed by atoms with van der Waals surface area (Å²) in [6.07, 6.45) is 9.00. The molecule has 0 radical (unpaired) electrons. The minimum atomic E-state index is -0.732. The normalized spacial score (nSPS) is 20.7. The predicted octanol–water partition coefficient (Wildman–Crippen LogP) is 4.44. The number of hydrogen-bond acceptors (Lipinski definition) is 5. The minimum Gasteiger partial charge on any atom is -0.373 e. The Balaban J connectivity index is 1.43. The van der Waals surface area contributed by atoms with Crippen molar-refractivity contribution < 1.29 is 13.5 Å². The lowest BCUT2D eigenvalue weighted by Crippen LogP contribution is -2.22. The first-order valence-corrected chi connectivity index (χ1v) is 11.5. The molecule has 2 aliphatic rings. The lowest BCUT2D eigenvalue weighted by molar-refractivity contribution is 0.00463. The summed E-state index contributed by atoms with van der Waals surface area (Å²) in [5.74, 6) is -1.40. The molecule has 0 spiro atoms. The number of rotatable bonds is 4. The van der Waals surface area contributed by atoms with Gasteiger partial charge in [0.25, 0.3) is 5.56 Å². The van der Waals surface area contributed by atoms with E-state index < -0.39 is 11.6 Å². The largest absolute Gasteiger partial charge is 0.373 e. The standard InChI is InChI=1S/C25H23F2N5O2/c1-31-25(33)19-10-22(30-24(20(19)12-28-31)18-5-2-16(26)9-21(18)27)14-6-7-34-23(8-14)15-11-29-32(13-15)17-3-4-17/h2,5,9-14,17,23H,3-4,6-8H2,1H3/t14-,23-/m1/s1. The van der Waals surface area contributed by atoms with Gasteiger partial charge in [-0.3, -0.25) is 14.5 Å². The Morgan fingerprint density at radius 1 is 1.06 bits per heavy atom. The molecule has 2 atom stereocenters. The fraction of sp³-hybridized carbons (Fsp3) is 0.360. The monoisotopic (exact) mass is 463 g/mol. The van der Waals surface area contributed by atoms with Crippen LogP contribution in [0, 0.1) is 11.6 Å². The van der Waals surface area contributed by atoms with Crippen molar-refractivity contribution in [1.29, 1.82) is 0 Å². The van der Waals surface area contributed by atoms with Crippen LogP contribution in [0.25, 0.3) is 22.0 Å². The molecule has 0 N–H and O–H groups in total. The number of nitrogens with zero attached hydrogens (tertiary/aromatic N) is 5. The van der Waals surface area contributed by atoms with Gasteiger partial charge in [0.05, 0.1) is 35.6 Å². The highest BCUT2D eigenvalue weighted by molar-refractivity contribution is 5.94. The Hall–Kier alpha value is -3.46. The van der Waals surface area contributed by atoms with Gasteiger partial charge in [-0.2, -0.15) is 10.2 Å². The van der Waals surface area contributed by atoms with Gasteiger partial charge >= 0.3 is 0 Å². The number of fused-ring (bicyclic) bond motifs is 1. The first-order chi connectivity index (χ1) is 16.5. The van der Waals surface area contributed by atoms with Gasteiger partial charge in [0.15, 0.2) is 0 Å². The highest BCUT2D eigenvalue weighted by Gasteiger charge is 2.30. The van der Waals surface area contributed by atoms with Gasteiger partial charge < -0.3 is 4.74 Å². The lowest BCUT2D eigenvalue weighted by Gasteiger charge is -2.29. The van der Waals surface area contributed by atoms with E-state index in [4.69, 9.17) is 9.72 Å². The molecule has 1 saturated carbocycles. The minimum absolute atomic E-state index is 0.00700. The Morgan fingerprint density at radius 3 is 2.71 bits per heavy atom. The van der Waals surface area contributed by atoms with Crippen LogP contribution < -0.4 is 5.56 Å². The van der Waals surface area contributed by atoms with E-state index in [9.17, 15) is 13.6 Å². The Labute approximate surface area is 194 Å². The van der Waals surface area contributed by atoms with Crippen molar-refractivity contribution in [2.24, 2.45) is 7.05 Å². The molecule has 4 heterocycles. The molecule has 7 nitrogen and oxygen atoms in total. The molecule has 174 valence electrons. The molecule has 1 aliphatic heterocycles. The van der Waals surface area contributed by atoms with Gasteiger partial charge in [-0.15, -0.1) is 0 Å². The summed E-state index contributed by atoms with van der Waals surface area (Å²) < 4.78 is 37.6.